The van der Waals surface area contributed by atoms with Gasteiger partial charge < -0.3 is 18.9 Å². The highest BCUT2D eigenvalue weighted by Gasteiger charge is 2.71. The molecule has 4 nitrogen and oxygen atoms in total. The summed E-state index contributed by atoms with van der Waals surface area (Å²) in [6.45, 7) is 3.12. The van der Waals surface area contributed by atoms with Gasteiger partial charge in [-0.3, -0.25) is 0 Å². The second-order valence-electron chi connectivity index (χ2n) is 8.60. The van der Waals surface area contributed by atoms with Crippen molar-refractivity contribution in [3.63, 3.8) is 0 Å². The van der Waals surface area contributed by atoms with Crippen LogP contribution in [0, 0.1) is 11.8 Å². The molecule has 4 aliphatic rings. The SMILES string of the molecule is c1ccc(COCCCCC[C@]23CC4CC5(CC4[C@H]2O3)OCCO5)cc1. The van der Waals surface area contributed by atoms with Gasteiger partial charge >= 0.3 is 0 Å². The Balaban J connectivity index is 0.986. The van der Waals surface area contributed by atoms with Gasteiger partial charge in [0.25, 0.3) is 0 Å². The molecule has 4 heteroatoms. The first-order chi connectivity index (χ1) is 12.8. The molecule has 2 unspecified atom stereocenters. The third-order valence-electron chi connectivity index (χ3n) is 6.86. The topological polar surface area (TPSA) is 40.2 Å². The summed E-state index contributed by atoms with van der Waals surface area (Å²) in [4.78, 5) is 0. The number of unbranched alkanes of at least 4 members (excludes halogenated alkanes) is 2. The highest BCUT2D eigenvalue weighted by Crippen LogP contribution is 2.65. The number of rotatable bonds is 8. The molecule has 1 aromatic carbocycles. The monoisotopic (exact) mass is 358 g/mol. The Kier molecular flexibility index (Phi) is 4.56. The third kappa shape index (κ3) is 3.22. The van der Waals surface area contributed by atoms with Crippen LogP contribution in [-0.4, -0.2) is 37.3 Å². The van der Waals surface area contributed by atoms with E-state index >= 15 is 0 Å². The largest absolute Gasteiger partial charge is 0.377 e. The predicted molar refractivity (Wildman–Crippen MR) is 97.6 cm³/mol. The minimum absolute atomic E-state index is 0.209. The van der Waals surface area contributed by atoms with Crippen LogP contribution < -0.4 is 0 Å². The van der Waals surface area contributed by atoms with Crippen molar-refractivity contribution in [1.82, 2.24) is 0 Å². The maximum Gasteiger partial charge on any atom is 0.169 e. The Morgan fingerprint density at radius 3 is 2.62 bits per heavy atom. The van der Waals surface area contributed by atoms with E-state index in [2.05, 4.69) is 24.3 Å². The lowest BCUT2D eigenvalue weighted by Gasteiger charge is -2.22. The zero-order chi connectivity index (χ0) is 17.5. The number of benzene rings is 1. The molecule has 2 aliphatic heterocycles. The average molecular weight is 358 g/mol. The molecule has 1 aromatic rings. The van der Waals surface area contributed by atoms with E-state index < -0.39 is 0 Å². The number of hydrogen-bond donors (Lipinski definition) is 0. The second-order valence-corrected chi connectivity index (χ2v) is 8.60. The van der Waals surface area contributed by atoms with Crippen LogP contribution in [0.25, 0.3) is 0 Å². The van der Waals surface area contributed by atoms with Gasteiger partial charge in [0.05, 0.1) is 31.5 Å². The van der Waals surface area contributed by atoms with Crippen molar-refractivity contribution < 1.29 is 18.9 Å². The molecule has 142 valence electrons. The molecule has 1 spiro atoms. The van der Waals surface area contributed by atoms with Crippen LogP contribution in [-0.2, 0) is 25.6 Å². The van der Waals surface area contributed by atoms with E-state index in [1.165, 1.54) is 31.2 Å². The van der Waals surface area contributed by atoms with Crippen molar-refractivity contribution >= 4 is 0 Å². The fourth-order valence-electron chi connectivity index (χ4n) is 5.65. The quantitative estimate of drug-likeness (QED) is 0.519. The summed E-state index contributed by atoms with van der Waals surface area (Å²) in [5, 5.41) is 0. The summed E-state index contributed by atoms with van der Waals surface area (Å²) < 4.78 is 23.8. The average Bonchev–Trinajstić information content (AvgIpc) is 2.96. The molecule has 2 aliphatic carbocycles. The normalized spacial score (nSPS) is 36.4. The lowest BCUT2D eigenvalue weighted by Crippen LogP contribution is -2.28. The van der Waals surface area contributed by atoms with E-state index in [1.54, 1.807) is 0 Å². The van der Waals surface area contributed by atoms with Crippen molar-refractivity contribution in [1.29, 1.82) is 0 Å². The lowest BCUT2D eigenvalue weighted by atomic mass is 9.95. The molecule has 0 aromatic heterocycles. The van der Waals surface area contributed by atoms with Crippen LogP contribution in [0.3, 0.4) is 0 Å². The van der Waals surface area contributed by atoms with Crippen molar-refractivity contribution in [3.05, 3.63) is 35.9 Å². The van der Waals surface area contributed by atoms with Gasteiger partial charge in [-0.05, 0) is 36.7 Å². The van der Waals surface area contributed by atoms with Gasteiger partial charge in [0.2, 0.25) is 0 Å². The van der Waals surface area contributed by atoms with Crippen molar-refractivity contribution in [2.75, 3.05) is 19.8 Å². The number of hydrogen-bond acceptors (Lipinski definition) is 4. The molecular formula is C22H30O4. The number of fused-ring (bicyclic) bond motifs is 3. The van der Waals surface area contributed by atoms with Crippen LogP contribution in [0.5, 0.6) is 0 Å². The molecule has 2 saturated carbocycles. The van der Waals surface area contributed by atoms with Crippen molar-refractivity contribution in [3.8, 4) is 0 Å². The Morgan fingerprint density at radius 2 is 1.81 bits per heavy atom. The highest BCUT2D eigenvalue weighted by atomic mass is 16.7. The van der Waals surface area contributed by atoms with Gasteiger partial charge in [-0.2, -0.15) is 0 Å². The zero-order valence-electron chi connectivity index (χ0n) is 15.5. The molecular weight excluding hydrogens is 328 g/mol. The molecule has 0 radical (unpaired) electrons. The minimum Gasteiger partial charge on any atom is -0.377 e. The predicted octanol–water partition coefficient (Wildman–Crippen LogP) is 4.07. The van der Waals surface area contributed by atoms with Crippen LogP contribution in [0.1, 0.15) is 50.5 Å². The summed E-state index contributed by atoms with van der Waals surface area (Å²) in [5.74, 6) is 1.17. The molecule has 4 atom stereocenters. The fourth-order valence-corrected chi connectivity index (χ4v) is 5.65. The molecule has 0 bridgehead atoms. The van der Waals surface area contributed by atoms with Crippen LogP contribution in [0.15, 0.2) is 30.3 Å². The van der Waals surface area contributed by atoms with Crippen LogP contribution in [0.4, 0.5) is 0 Å². The maximum atomic E-state index is 6.20. The fraction of sp³-hybridized carbons (Fsp3) is 0.727. The van der Waals surface area contributed by atoms with Crippen molar-refractivity contribution in [2.45, 2.75) is 69.0 Å². The first-order valence-corrected chi connectivity index (χ1v) is 10.4. The van der Waals surface area contributed by atoms with E-state index in [0.29, 0.717) is 12.0 Å². The molecule has 5 rings (SSSR count). The smallest absolute Gasteiger partial charge is 0.169 e. The number of epoxide rings is 1. The first kappa shape index (κ1) is 17.2. The highest BCUT2D eigenvalue weighted by molar-refractivity contribution is 5.18. The molecule has 0 N–H and O–H groups in total. The second kappa shape index (κ2) is 6.90. The van der Waals surface area contributed by atoms with Gasteiger partial charge in [-0.1, -0.05) is 43.2 Å². The van der Waals surface area contributed by atoms with Gasteiger partial charge in [-0.15, -0.1) is 0 Å². The molecule has 2 heterocycles. The Labute approximate surface area is 156 Å². The van der Waals surface area contributed by atoms with E-state index in [0.717, 1.165) is 51.6 Å². The van der Waals surface area contributed by atoms with Crippen LogP contribution >= 0.6 is 0 Å². The Hall–Kier alpha value is -0.940. The number of ether oxygens (including phenoxy) is 4. The summed E-state index contributed by atoms with van der Waals surface area (Å²) in [5.41, 5.74) is 1.46. The summed E-state index contributed by atoms with van der Waals surface area (Å²) >= 11 is 0. The van der Waals surface area contributed by atoms with E-state index in [9.17, 15) is 0 Å². The van der Waals surface area contributed by atoms with E-state index in [1.807, 2.05) is 6.07 Å². The zero-order valence-corrected chi connectivity index (χ0v) is 15.5. The lowest BCUT2D eigenvalue weighted by molar-refractivity contribution is -0.155. The summed E-state index contributed by atoms with van der Waals surface area (Å²) in [7, 11) is 0. The Bertz CT molecular complexity index is 612. The van der Waals surface area contributed by atoms with Crippen molar-refractivity contribution in [2.24, 2.45) is 11.8 Å². The van der Waals surface area contributed by atoms with Gasteiger partial charge in [0.1, 0.15) is 0 Å². The molecule has 4 fully saturated rings. The molecule has 26 heavy (non-hydrogen) atoms. The summed E-state index contributed by atoms with van der Waals surface area (Å²) in [6, 6.07) is 10.4. The maximum absolute atomic E-state index is 6.20. The third-order valence-corrected chi connectivity index (χ3v) is 6.86. The van der Waals surface area contributed by atoms with Gasteiger partial charge in [-0.25, -0.2) is 0 Å². The first-order valence-electron chi connectivity index (χ1n) is 10.4. The molecule has 0 amide bonds. The minimum atomic E-state index is -0.246. The van der Waals surface area contributed by atoms with E-state index in [4.69, 9.17) is 18.9 Å². The standard InChI is InChI=1S/C22H30O4/c1-3-7-17(8-4-1)16-23-10-6-2-5-9-21-13-18-14-22(24-11-12-25-22)15-19(18)20(21)26-21/h1,3-4,7-8,18-20H,2,5-6,9-16H2/t18?,19?,20-,21+/m1/s1. The van der Waals surface area contributed by atoms with Gasteiger partial charge in [0.15, 0.2) is 5.79 Å². The van der Waals surface area contributed by atoms with E-state index in [-0.39, 0.29) is 11.4 Å². The van der Waals surface area contributed by atoms with Gasteiger partial charge in [0, 0.05) is 19.4 Å². The molecule has 2 saturated heterocycles. The summed E-state index contributed by atoms with van der Waals surface area (Å²) in [6.07, 6.45) is 8.70. The Morgan fingerprint density at radius 1 is 0.962 bits per heavy atom. The van der Waals surface area contributed by atoms with Crippen LogP contribution in [0.2, 0.25) is 0 Å².